The normalized spacial score (nSPS) is 14.2. The van der Waals surface area contributed by atoms with E-state index in [1.54, 1.807) is 19.1 Å². The van der Waals surface area contributed by atoms with Gasteiger partial charge in [0.2, 0.25) is 0 Å². The van der Waals surface area contributed by atoms with E-state index in [0.717, 1.165) is 35.1 Å². The molecular formula is C27H26FN7O3. The third-order valence-corrected chi connectivity index (χ3v) is 6.70. The van der Waals surface area contributed by atoms with Crippen molar-refractivity contribution in [2.75, 3.05) is 7.11 Å². The maximum absolute atomic E-state index is 13.5. The standard InChI is InChI=1S/C27H26FN7O3/c1-14-10-16(4-8-20(14)28)12-29-25(36)22-11-23(34-27(33-22)38-3)26(37)32-21-9-7-17-15(2)18(5-6-19(17)21)24-30-13-31-35-24/h4-6,8,10-11,13,21H,7,9,12H2,1-3H3,(H,29,36)(H,32,37)(H,30,31,35)/t21-/m0/s1. The van der Waals surface area contributed by atoms with E-state index in [2.05, 4.69) is 35.8 Å². The van der Waals surface area contributed by atoms with Crippen molar-refractivity contribution < 1.29 is 18.7 Å². The zero-order chi connectivity index (χ0) is 26.8. The van der Waals surface area contributed by atoms with Gasteiger partial charge in [-0.2, -0.15) is 15.1 Å². The molecule has 0 saturated carbocycles. The first-order valence-corrected chi connectivity index (χ1v) is 12.1. The molecule has 194 valence electrons. The van der Waals surface area contributed by atoms with E-state index in [1.165, 1.54) is 31.1 Å². The van der Waals surface area contributed by atoms with Crippen LogP contribution in [0.5, 0.6) is 6.01 Å². The van der Waals surface area contributed by atoms with Gasteiger partial charge in [-0.15, -0.1) is 0 Å². The van der Waals surface area contributed by atoms with Crippen molar-refractivity contribution >= 4 is 11.8 Å². The van der Waals surface area contributed by atoms with E-state index < -0.39 is 11.8 Å². The molecule has 11 heteroatoms. The van der Waals surface area contributed by atoms with Crippen LogP contribution in [-0.4, -0.2) is 44.1 Å². The number of benzene rings is 2. The SMILES string of the molecule is COc1nc(C(=O)NCc2ccc(F)c(C)c2)cc(C(=O)N[C@H]2CCc3c2ccc(-c2ncn[nH]2)c3C)n1. The fourth-order valence-electron chi connectivity index (χ4n) is 4.69. The minimum atomic E-state index is -0.511. The molecule has 0 unspecified atom stereocenters. The van der Waals surface area contributed by atoms with Crippen molar-refractivity contribution in [3.63, 3.8) is 0 Å². The number of ether oxygens (including phenoxy) is 1. The lowest BCUT2D eigenvalue weighted by Crippen LogP contribution is -2.29. The second-order valence-electron chi connectivity index (χ2n) is 9.10. The lowest BCUT2D eigenvalue weighted by atomic mass is 9.97. The molecule has 2 heterocycles. The number of amides is 2. The van der Waals surface area contributed by atoms with Crippen molar-refractivity contribution in [1.82, 2.24) is 35.8 Å². The van der Waals surface area contributed by atoms with Gasteiger partial charge < -0.3 is 15.4 Å². The molecule has 0 fully saturated rings. The Hall–Kier alpha value is -4.67. The van der Waals surface area contributed by atoms with Crippen molar-refractivity contribution in [3.8, 4) is 17.4 Å². The molecule has 0 aliphatic heterocycles. The second-order valence-corrected chi connectivity index (χ2v) is 9.10. The van der Waals surface area contributed by atoms with Crippen LogP contribution in [-0.2, 0) is 13.0 Å². The minimum Gasteiger partial charge on any atom is -0.467 e. The van der Waals surface area contributed by atoms with Gasteiger partial charge in [0.1, 0.15) is 23.5 Å². The molecule has 1 aliphatic rings. The van der Waals surface area contributed by atoms with Crippen LogP contribution in [0.4, 0.5) is 4.39 Å². The van der Waals surface area contributed by atoms with Crippen LogP contribution >= 0.6 is 0 Å². The number of nitrogens with zero attached hydrogens (tertiary/aromatic N) is 4. The Morgan fingerprint density at radius 3 is 2.61 bits per heavy atom. The summed E-state index contributed by atoms with van der Waals surface area (Å²) < 4.78 is 18.7. The molecule has 10 nitrogen and oxygen atoms in total. The van der Waals surface area contributed by atoms with Crippen molar-refractivity contribution in [2.24, 2.45) is 0 Å². The maximum Gasteiger partial charge on any atom is 0.317 e. The summed E-state index contributed by atoms with van der Waals surface area (Å²) in [5, 5.41) is 12.6. The van der Waals surface area contributed by atoms with Gasteiger partial charge >= 0.3 is 6.01 Å². The van der Waals surface area contributed by atoms with E-state index in [-0.39, 0.29) is 35.8 Å². The maximum atomic E-state index is 13.5. The molecule has 5 rings (SSSR count). The van der Waals surface area contributed by atoms with Crippen LogP contribution in [0.3, 0.4) is 0 Å². The Morgan fingerprint density at radius 2 is 1.89 bits per heavy atom. The highest BCUT2D eigenvalue weighted by atomic mass is 19.1. The molecule has 0 radical (unpaired) electrons. The molecular weight excluding hydrogens is 489 g/mol. The monoisotopic (exact) mass is 515 g/mol. The third kappa shape index (κ3) is 4.95. The summed E-state index contributed by atoms with van der Waals surface area (Å²) in [5.41, 5.74) is 5.49. The minimum absolute atomic E-state index is 0.0137. The topological polar surface area (TPSA) is 135 Å². The first-order chi connectivity index (χ1) is 18.3. The van der Waals surface area contributed by atoms with Crippen LogP contribution in [0.15, 0.2) is 42.7 Å². The summed E-state index contributed by atoms with van der Waals surface area (Å²) in [7, 11) is 1.36. The van der Waals surface area contributed by atoms with Gasteiger partial charge in [0.05, 0.1) is 13.2 Å². The Labute approximate surface area is 218 Å². The molecule has 2 amide bonds. The summed E-state index contributed by atoms with van der Waals surface area (Å²) in [5.74, 6) is -0.565. The van der Waals surface area contributed by atoms with E-state index in [1.807, 2.05) is 19.1 Å². The zero-order valence-electron chi connectivity index (χ0n) is 21.1. The number of aromatic amines is 1. The number of nitrogens with one attached hydrogen (secondary N) is 3. The largest absolute Gasteiger partial charge is 0.467 e. The summed E-state index contributed by atoms with van der Waals surface area (Å²) in [4.78, 5) is 38.5. The molecule has 38 heavy (non-hydrogen) atoms. The third-order valence-electron chi connectivity index (χ3n) is 6.70. The average Bonchev–Trinajstić information content (AvgIpc) is 3.60. The smallest absolute Gasteiger partial charge is 0.317 e. The number of halogens is 1. The Balaban J connectivity index is 1.32. The molecule has 0 spiro atoms. The summed E-state index contributed by atoms with van der Waals surface area (Å²) in [6, 6.07) is 9.59. The first kappa shape index (κ1) is 25.0. The number of hydrogen-bond donors (Lipinski definition) is 3. The Kier molecular flexibility index (Phi) is 6.82. The van der Waals surface area contributed by atoms with Crippen molar-refractivity contribution in [1.29, 1.82) is 0 Å². The van der Waals surface area contributed by atoms with Gasteiger partial charge in [0.15, 0.2) is 5.82 Å². The Morgan fingerprint density at radius 1 is 1.11 bits per heavy atom. The van der Waals surface area contributed by atoms with Gasteiger partial charge in [-0.3, -0.25) is 14.7 Å². The number of hydrogen-bond acceptors (Lipinski definition) is 7. The van der Waals surface area contributed by atoms with E-state index in [4.69, 9.17) is 4.74 Å². The molecule has 2 aromatic carbocycles. The van der Waals surface area contributed by atoms with Crippen LogP contribution in [0, 0.1) is 19.7 Å². The quantitative estimate of drug-likeness (QED) is 0.343. The van der Waals surface area contributed by atoms with E-state index in [0.29, 0.717) is 11.4 Å². The van der Waals surface area contributed by atoms with Crippen LogP contribution in [0.25, 0.3) is 11.4 Å². The molecule has 2 aromatic heterocycles. The highest BCUT2D eigenvalue weighted by molar-refractivity contribution is 5.97. The Bertz CT molecular complexity index is 1520. The highest BCUT2D eigenvalue weighted by Crippen LogP contribution is 2.37. The van der Waals surface area contributed by atoms with Gasteiger partial charge in [0.25, 0.3) is 11.8 Å². The molecule has 1 atom stereocenters. The van der Waals surface area contributed by atoms with Crippen LogP contribution in [0.1, 0.15) is 61.3 Å². The van der Waals surface area contributed by atoms with Gasteiger partial charge in [-0.25, -0.2) is 9.37 Å². The van der Waals surface area contributed by atoms with E-state index in [9.17, 15) is 14.0 Å². The van der Waals surface area contributed by atoms with Gasteiger partial charge in [-0.1, -0.05) is 24.3 Å². The van der Waals surface area contributed by atoms with Crippen LogP contribution in [0.2, 0.25) is 0 Å². The number of rotatable bonds is 7. The summed E-state index contributed by atoms with van der Waals surface area (Å²) in [6.07, 6.45) is 3.01. The number of carbonyl (C=O) groups is 2. The van der Waals surface area contributed by atoms with Crippen molar-refractivity contribution in [3.05, 3.63) is 87.7 Å². The molecule has 3 N–H and O–H groups in total. The van der Waals surface area contributed by atoms with Crippen molar-refractivity contribution in [2.45, 2.75) is 39.3 Å². The average molecular weight is 516 g/mol. The molecule has 1 aliphatic carbocycles. The molecule has 0 bridgehead atoms. The van der Waals surface area contributed by atoms with Crippen LogP contribution < -0.4 is 15.4 Å². The zero-order valence-corrected chi connectivity index (χ0v) is 21.1. The second kappa shape index (κ2) is 10.4. The number of H-pyrrole nitrogens is 1. The fraction of sp³-hybridized carbons (Fsp3) is 0.259. The number of aromatic nitrogens is 5. The number of fused-ring (bicyclic) bond motifs is 1. The first-order valence-electron chi connectivity index (χ1n) is 12.1. The molecule has 0 saturated heterocycles. The number of aryl methyl sites for hydroxylation is 1. The summed E-state index contributed by atoms with van der Waals surface area (Å²) in [6.45, 7) is 3.86. The number of methoxy groups -OCH3 is 1. The fourth-order valence-corrected chi connectivity index (χ4v) is 4.69. The highest BCUT2D eigenvalue weighted by Gasteiger charge is 2.28. The molecule has 4 aromatic rings. The predicted octanol–water partition coefficient (Wildman–Crippen LogP) is 3.37. The van der Waals surface area contributed by atoms with E-state index >= 15 is 0 Å². The predicted molar refractivity (Wildman–Crippen MR) is 136 cm³/mol. The lowest BCUT2D eigenvalue weighted by molar-refractivity contribution is 0.0930. The number of carbonyl (C=O) groups excluding carboxylic acids is 2. The van der Waals surface area contributed by atoms with Gasteiger partial charge in [0, 0.05) is 18.2 Å². The van der Waals surface area contributed by atoms with Gasteiger partial charge in [-0.05, 0) is 60.6 Å². The summed E-state index contributed by atoms with van der Waals surface area (Å²) >= 11 is 0. The lowest BCUT2D eigenvalue weighted by Gasteiger charge is -2.16.